The number of pyridine rings is 1. The summed E-state index contributed by atoms with van der Waals surface area (Å²) >= 11 is 0. The average Bonchev–Trinajstić information content (AvgIpc) is 3.13. The fourth-order valence-electron chi connectivity index (χ4n) is 3.24. The second kappa shape index (κ2) is 6.12. The zero-order valence-electron chi connectivity index (χ0n) is 13.6. The van der Waals surface area contributed by atoms with Crippen LogP contribution in [0.1, 0.15) is 41.7 Å². The Labute approximate surface area is 135 Å². The number of carbonyl (C=O) groups excluding carboxylic acids is 1. The van der Waals surface area contributed by atoms with E-state index in [0.717, 1.165) is 31.4 Å². The SMILES string of the molecule is Cc1c(C(=O)N(C)CC2(O)CCCC2)cnn1-c1ccccn1. The molecule has 1 N–H and O–H groups in total. The van der Waals surface area contributed by atoms with E-state index in [0.29, 0.717) is 17.9 Å². The fraction of sp³-hybridized carbons (Fsp3) is 0.471. The Kier molecular flexibility index (Phi) is 4.17. The molecule has 0 saturated heterocycles. The van der Waals surface area contributed by atoms with Gasteiger partial charge in [0, 0.05) is 19.8 Å². The first-order valence-electron chi connectivity index (χ1n) is 7.94. The van der Waals surface area contributed by atoms with Crippen molar-refractivity contribution in [1.29, 1.82) is 0 Å². The van der Waals surface area contributed by atoms with Crippen LogP contribution < -0.4 is 0 Å². The minimum absolute atomic E-state index is 0.120. The number of aliphatic hydroxyl groups is 1. The van der Waals surface area contributed by atoms with Gasteiger partial charge in [-0.1, -0.05) is 18.9 Å². The Morgan fingerprint density at radius 2 is 2.13 bits per heavy atom. The average molecular weight is 314 g/mol. The van der Waals surface area contributed by atoms with Crippen molar-refractivity contribution in [1.82, 2.24) is 19.7 Å². The van der Waals surface area contributed by atoms with Crippen LogP contribution in [0.5, 0.6) is 0 Å². The molecule has 0 radical (unpaired) electrons. The molecular weight excluding hydrogens is 292 g/mol. The number of amides is 1. The Hall–Kier alpha value is -2.21. The van der Waals surface area contributed by atoms with Crippen molar-refractivity contribution >= 4 is 5.91 Å². The zero-order chi connectivity index (χ0) is 16.4. The molecule has 122 valence electrons. The molecule has 0 spiro atoms. The van der Waals surface area contributed by atoms with Gasteiger partial charge in [-0.3, -0.25) is 4.79 Å². The Bertz CT molecular complexity index is 690. The van der Waals surface area contributed by atoms with Gasteiger partial charge in [0.15, 0.2) is 5.82 Å². The molecule has 0 unspecified atom stereocenters. The van der Waals surface area contributed by atoms with Crippen LogP contribution in [0.3, 0.4) is 0 Å². The lowest BCUT2D eigenvalue weighted by molar-refractivity contribution is 0.0156. The van der Waals surface area contributed by atoms with E-state index in [1.54, 1.807) is 29.0 Å². The molecule has 6 heteroatoms. The number of hydrogen-bond acceptors (Lipinski definition) is 4. The van der Waals surface area contributed by atoms with Crippen LogP contribution in [0.25, 0.3) is 5.82 Å². The monoisotopic (exact) mass is 314 g/mol. The van der Waals surface area contributed by atoms with E-state index < -0.39 is 5.60 Å². The van der Waals surface area contributed by atoms with Crippen molar-refractivity contribution in [2.75, 3.05) is 13.6 Å². The van der Waals surface area contributed by atoms with Gasteiger partial charge in [0.25, 0.3) is 5.91 Å². The minimum atomic E-state index is -0.741. The van der Waals surface area contributed by atoms with Crippen molar-refractivity contribution < 1.29 is 9.90 Å². The first-order chi connectivity index (χ1) is 11.0. The van der Waals surface area contributed by atoms with E-state index in [-0.39, 0.29) is 5.91 Å². The van der Waals surface area contributed by atoms with Gasteiger partial charge < -0.3 is 10.0 Å². The number of aromatic nitrogens is 3. The van der Waals surface area contributed by atoms with Crippen molar-refractivity contribution in [3.63, 3.8) is 0 Å². The molecule has 6 nitrogen and oxygen atoms in total. The lowest BCUT2D eigenvalue weighted by Crippen LogP contribution is -2.42. The minimum Gasteiger partial charge on any atom is -0.388 e. The van der Waals surface area contributed by atoms with Crippen LogP contribution in [0, 0.1) is 6.92 Å². The number of nitrogens with zero attached hydrogens (tertiary/aromatic N) is 4. The highest BCUT2D eigenvalue weighted by Crippen LogP contribution is 2.30. The van der Waals surface area contributed by atoms with Crippen LogP contribution in [-0.4, -0.2) is 49.9 Å². The van der Waals surface area contributed by atoms with Crippen molar-refractivity contribution in [2.24, 2.45) is 0 Å². The molecule has 2 aromatic heterocycles. The molecule has 0 atom stereocenters. The molecule has 2 aromatic rings. The summed E-state index contributed by atoms with van der Waals surface area (Å²) in [7, 11) is 1.73. The summed E-state index contributed by atoms with van der Waals surface area (Å²) < 4.78 is 1.66. The van der Waals surface area contributed by atoms with Crippen LogP contribution in [0.2, 0.25) is 0 Å². The lowest BCUT2D eigenvalue weighted by atomic mass is 10.0. The van der Waals surface area contributed by atoms with E-state index in [1.807, 2.05) is 25.1 Å². The van der Waals surface area contributed by atoms with Crippen LogP contribution in [0.15, 0.2) is 30.6 Å². The summed E-state index contributed by atoms with van der Waals surface area (Å²) in [6, 6.07) is 5.57. The van der Waals surface area contributed by atoms with Crippen LogP contribution >= 0.6 is 0 Å². The van der Waals surface area contributed by atoms with E-state index >= 15 is 0 Å². The third-order valence-electron chi connectivity index (χ3n) is 4.52. The Morgan fingerprint density at radius 3 is 2.78 bits per heavy atom. The maximum absolute atomic E-state index is 12.7. The van der Waals surface area contributed by atoms with E-state index in [2.05, 4.69) is 10.1 Å². The second-order valence-electron chi connectivity index (χ2n) is 6.34. The van der Waals surface area contributed by atoms with Gasteiger partial charge in [0.2, 0.25) is 0 Å². The van der Waals surface area contributed by atoms with E-state index in [9.17, 15) is 9.90 Å². The van der Waals surface area contributed by atoms with Gasteiger partial charge in [-0.15, -0.1) is 0 Å². The highest BCUT2D eigenvalue weighted by atomic mass is 16.3. The highest BCUT2D eigenvalue weighted by molar-refractivity contribution is 5.95. The number of carbonyl (C=O) groups is 1. The van der Waals surface area contributed by atoms with Crippen LogP contribution in [-0.2, 0) is 0 Å². The molecule has 1 aliphatic carbocycles. The van der Waals surface area contributed by atoms with Crippen molar-refractivity contribution in [3.05, 3.63) is 41.9 Å². The largest absolute Gasteiger partial charge is 0.388 e. The molecule has 0 bridgehead atoms. The van der Waals surface area contributed by atoms with Gasteiger partial charge in [-0.05, 0) is 31.9 Å². The molecule has 1 saturated carbocycles. The molecule has 0 aliphatic heterocycles. The van der Waals surface area contributed by atoms with Crippen molar-refractivity contribution in [3.8, 4) is 5.82 Å². The number of hydrogen-bond donors (Lipinski definition) is 1. The number of likely N-dealkylation sites (N-methyl/N-ethyl adjacent to an activating group) is 1. The molecule has 23 heavy (non-hydrogen) atoms. The van der Waals surface area contributed by atoms with Crippen molar-refractivity contribution in [2.45, 2.75) is 38.2 Å². The molecule has 3 rings (SSSR count). The fourth-order valence-corrected chi connectivity index (χ4v) is 3.24. The maximum atomic E-state index is 12.7. The summed E-state index contributed by atoms with van der Waals surface area (Å²) in [5, 5.41) is 14.8. The van der Waals surface area contributed by atoms with Gasteiger partial charge in [0.05, 0.1) is 23.1 Å². The Balaban J connectivity index is 1.79. The molecule has 1 amide bonds. The lowest BCUT2D eigenvalue weighted by Gasteiger charge is -2.28. The zero-order valence-corrected chi connectivity index (χ0v) is 13.6. The quantitative estimate of drug-likeness (QED) is 0.936. The van der Waals surface area contributed by atoms with E-state index in [4.69, 9.17) is 0 Å². The molecule has 0 aromatic carbocycles. The molecule has 1 aliphatic rings. The summed E-state index contributed by atoms with van der Waals surface area (Å²) in [6.07, 6.45) is 6.83. The Morgan fingerprint density at radius 1 is 1.39 bits per heavy atom. The summed E-state index contributed by atoms with van der Waals surface area (Å²) in [4.78, 5) is 18.5. The first-order valence-corrected chi connectivity index (χ1v) is 7.94. The molecular formula is C17H22N4O2. The predicted molar refractivity (Wildman–Crippen MR) is 86.5 cm³/mol. The van der Waals surface area contributed by atoms with Gasteiger partial charge >= 0.3 is 0 Å². The first kappa shape index (κ1) is 15.7. The summed E-state index contributed by atoms with van der Waals surface area (Å²) in [5.41, 5.74) is 0.550. The summed E-state index contributed by atoms with van der Waals surface area (Å²) in [6.45, 7) is 2.22. The molecule has 2 heterocycles. The topological polar surface area (TPSA) is 71.2 Å². The third-order valence-corrected chi connectivity index (χ3v) is 4.52. The maximum Gasteiger partial charge on any atom is 0.257 e. The normalized spacial score (nSPS) is 16.5. The summed E-state index contributed by atoms with van der Waals surface area (Å²) in [5.74, 6) is 0.561. The van der Waals surface area contributed by atoms with Gasteiger partial charge in [0.1, 0.15) is 0 Å². The highest BCUT2D eigenvalue weighted by Gasteiger charge is 2.34. The van der Waals surface area contributed by atoms with Crippen LogP contribution in [0.4, 0.5) is 0 Å². The third kappa shape index (κ3) is 3.12. The predicted octanol–water partition coefficient (Wildman–Crippen LogP) is 1.95. The second-order valence-corrected chi connectivity index (χ2v) is 6.34. The number of rotatable bonds is 4. The standard InChI is InChI=1S/C17H22N4O2/c1-13-14(11-19-21(13)15-7-3-6-10-18-15)16(22)20(2)12-17(23)8-4-5-9-17/h3,6-7,10-11,23H,4-5,8-9,12H2,1-2H3. The van der Waals surface area contributed by atoms with Gasteiger partial charge in [-0.2, -0.15) is 5.10 Å². The van der Waals surface area contributed by atoms with Gasteiger partial charge in [-0.25, -0.2) is 9.67 Å². The smallest absolute Gasteiger partial charge is 0.257 e. The van der Waals surface area contributed by atoms with E-state index in [1.165, 1.54) is 0 Å². The molecule has 1 fully saturated rings.